The first-order valence-electron chi connectivity index (χ1n) is 10.2. The maximum Gasteiger partial charge on any atom is 0.319 e. The van der Waals surface area contributed by atoms with E-state index in [4.69, 9.17) is 6.11 Å². The maximum atomic E-state index is 14.9. The second kappa shape index (κ2) is 7.56. The summed E-state index contributed by atoms with van der Waals surface area (Å²) < 4.78 is 28.6. The van der Waals surface area contributed by atoms with Gasteiger partial charge in [0.1, 0.15) is 17.2 Å². The van der Waals surface area contributed by atoms with Gasteiger partial charge in [-0.3, -0.25) is 0 Å². The normalized spacial score (nSPS) is 22.6. The Morgan fingerprint density at radius 1 is 1.33 bits per heavy atom. The monoisotopic (exact) mass is 374 g/mol. The van der Waals surface area contributed by atoms with Crippen molar-refractivity contribution in [3.63, 3.8) is 0 Å². The minimum Gasteiger partial charge on any atom is -0.463 e. The maximum absolute atomic E-state index is 14.9. The first-order valence-corrected chi connectivity index (χ1v) is 9.68. The minimum atomic E-state index is -0.602. The molecule has 0 unspecified atom stereocenters. The van der Waals surface area contributed by atoms with Crippen molar-refractivity contribution >= 4 is 16.7 Å². The lowest BCUT2D eigenvalue weighted by Crippen LogP contribution is -2.51. The summed E-state index contributed by atoms with van der Waals surface area (Å²) >= 11 is 0. The number of nitrogens with zero attached hydrogens (tertiary/aromatic N) is 4. The molecule has 27 heavy (non-hydrogen) atoms. The zero-order valence-electron chi connectivity index (χ0n) is 17.3. The summed E-state index contributed by atoms with van der Waals surface area (Å²) in [5.74, 6) is 0.114. The van der Waals surface area contributed by atoms with Crippen LogP contribution < -0.4 is 15.0 Å². The van der Waals surface area contributed by atoms with Crippen LogP contribution in [0.5, 0.6) is 6.01 Å². The number of hydrogen-bond acceptors (Lipinski definition) is 6. The molecule has 1 aromatic heterocycles. The number of aryl methyl sites for hydroxylation is 1. The van der Waals surface area contributed by atoms with Gasteiger partial charge in [-0.15, -0.1) is 0 Å². The van der Waals surface area contributed by atoms with Crippen LogP contribution in [0.2, 0.25) is 0 Å². The number of fused-ring (bicyclic) bond motifs is 3. The highest BCUT2D eigenvalue weighted by Crippen LogP contribution is 2.32. The number of benzene rings is 1. The molecule has 2 fully saturated rings. The molecule has 0 spiro atoms. The van der Waals surface area contributed by atoms with Crippen molar-refractivity contribution in [2.24, 2.45) is 0 Å². The molecule has 146 valence electrons. The molecule has 4 rings (SSSR count). The van der Waals surface area contributed by atoms with Crippen LogP contribution in [0.3, 0.4) is 0 Å². The molecule has 2 aliphatic heterocycles. The molecule has 0 amide bonds. The molecule has 2 saturated heterocycles. The second-order valence-corrected chi connectivity index (χ2v) is 7.91. The van der Waals surface area contributed by atoms with Crippen LogP contribution in [0.25, 0.3) is 10.9 Å². The largest absolute Gasteiger partial charge is 0.463 e. The topological polar surface area (TPSA) is 53.5 Å². The van der Waals surface area contributed by atoms with Crippen molar-refractivity contribution in [3.05, 3.63) is 23.5 Å². The quantitative estimate of drug-likeness (QED) is 0.784. The predicted molar refractivity (Wildman–Crippen MR) is 105 cm³/mol. The molecule has 3 heterocycles. The van der Waals surface area contributed by atoms with Crippen molar-refractivity contribution in [1.82, 2.24) is 20.2 Å². The fourth-order valence-corrected chi connectivity index (χ4v) is 4.04. The van der Waals surface area contributed by atoms with Crippen LogP contribution in [0.4, 0.5) is 10.2 Å². The summed E-state index contributed by atoms with van der Waals surface area (Å²) in [6, 6.07) is 2.78. The lowest BCUT2D eigenvalue weighted by molar-refractivity contribution is 0.264. The van der Waals surface area contributed by atoms with E-state index >= 15 is 0 Å². The van der Waals surface area contributed by atoms with Gasteiger partial charge in [-0.05, 0) is 58.0 Å². The number of rotatable bonds is 6. The minimum absolute atomic E-state index is 0.115. The van der Waals surface area contributed by atoms with Crippen LogP contribution in [0.15, 0.2) is 12.1 Å². The molecule has 2 aromatic rings. The average Bonchev–Trinajstić information content (AvgIpc) is 3.01. The second-order valence-electron chi connectivity index (χ2n) is 7.91. The Kier molecular flexibility index (Phi) is 4.80. The number of anilines is 1. The third kappa shape index (κ3) is 3.99. The van der Waals surface area contributed by atoms with Gasteiger partial charge in [0.05, 0.1) is 7.98 Å². The van der Waals surface area contributed by atoms with Crippen molar-refractivity contribution in [3.8, 4) is 6.01 Å². The lowest BCUT2D eigenvalue weighted by atomic mass is 10.1. The summed E-state index contributed by atoms with van der Waals surface area (Å²) in [4.78, 5) is 13.3. The molecule has 2 bridgehead atoms. The van der Waals surface area contributed by atoms with Crippen LogP contribution in [0, 0.1) is 12.7 Å². The lowest BCUT2D eigenvalue weighted by Gasteiger charge is -2.34. The zero-order valence-corrected chi connectivity index (χ0v) is 16.3. The summed E-state index contributed by atoms with van der Waals surface area (Å²) in [7, 11) is 4.02. The molecule has 1 aromatic carbocycles. The zero-order chi connectivity index (χ0) is 19.8. The van der Waals surface area contributed by atoms with E-state index in [0.717, 1.165) is 38.9 Å². The fourth-order valence-electron chi connectivity index (χ4n) is 4.04. The Balaban J connectivity index is 1.70. The number of hydrogen-bond donors (Lipinski definition) is 1. The summed E-state index contributed by atoms with van der Waals surface area (Å²) in [5.41, 5.74) is 0.765. The molecule has 7 heteroatoms. The number of ether oxygens (including phenoxy) is 1. The van der Waals surface area contributed by atoms with Crippen molar-refractivity contribution < 1.29 is 10.5 Å². The summed E-state index contributed by atoms with van der Waals surface area (Å²) in [6.45, 7) is 4.79. The van der Waals surface area contributed by atoms with Gasteiger partial charge in [0.25, 0.3) is 0 Å². The summed E-state index contributed by atoms with van der Waals surface area (Å²) in [5, 5.41) is 4.27. The Hall–Kier alpha value is -1.99. The summed E-state index contributed by atoms with van der Waals surface area (Å²) in [6.07, 6.45) is 3.15. The molecule has 0 aliphatic carbocycles. The Labute approximate surface area is 161 Å². The van der Waals surface area contributed by atoms with Gasteiger partial charge >= 0.3 is 6.01 Å². The number of nitrogens with one attached hydrogen (secondary N) is 1. The third-order valence-corrected chi connectivity index (χ3v) is 5.28. The van der Waals surface area contributed by atoms with E-state index in [1.165, 1.54) is 0 Å². The molecular formula is C20H28FN5O. The van der Waals surface area contributed by atoms with Gasteiger partial charge in [0.2, 0.25) is 0 Å². The van der Waals surface area contributed by atoms with E-state index in [0.29, 0.717) is 35.5 Å². The van der Waals surface area contributed by atoms with Crippen LogP contribution >= 0.6 is 0 Å². The number of aromatic nitrogens is 2. The van der Waals surface area contributed by atoms with Gasteiger partial charge in [-0.1, -0.05) is 0 Å². The Bertz CT molecular complexity index is 866. The van der Waals surface area contributed by atoms with Gasteiger partial charge in [0.15, 0.2) is 0 Å². The van der Waals surface area contributed by atoms with E-state index in [1.807, 2.05) is 20.2 Å². The number of piperazine rings is 1. The van der Waals surface area contributed by atoms with Gasteiger partial charge < -0.3 is 19.9 Å². The molecule has 0 saturated carbocycles. The Morgan fingerprint density at radius 3 is 2.78 bits per heavy atom. The van der Waals surface area contributed by atoms with E-state index in [-0.39, 0.29) is 17.6 Å². The predicted octanol–water partition coefficient (Wildman–Crippen LogP) is 2.35. The van der Waals surface area contributed by atoms with E-state index in [9.17, 15) is 4.39 Å². The highest BCUT2D eigenvalue weighted by atomic mass is 19.1. The van der Waals surface area contributed by atoms with E-state index in [2.05, 4.69) is 25.1 Å². The average molecular weight is 374 g/mol. The Morgan fingerprint density at radius 2 is 2.07 bits per heavy atom. The van der Waals surface area contributed by atoms with E-state index in [1.54, 1.807) is 6.92 Å². The van der Waals surface area contributed by atoms with Crippen LogP contribution in [-0.2, 0) is 0 Å². The molecule has 1 N–H and O–H groups in total. The first-order chi connectivity index (χ1) is 13.4. The highest BCUT2D eigenvalue weighted by Gasteiger charge is 2.33. The fraction of sp³-hybridized carbons (Fsp3) is 0.600. The standard InChI is InChI=1S/C20H28FN5O/c1-13-9-16-18(17(21)10-13)23-20(27-8-4-7-25(2)3)24-19(16)26-11-14-5-6-15(12-26)22-14/h9-10,14-15,22H,4-8,11-12H2,1-3H3/t14-,15+/i10D. The van der Waals surface area contributed by atoms with Crippen LogP contribution in [0.1, 0.15) is 26.2 Å². The SMILES string of the molecule is [2H]c1c(C)cc2c(N3C[C@H]4CC[C@@H](C3)N4)nc(OCCCN(C)C)nc2c1F. The van der Waals surface area contributed by atoms with E-state index < -0.39 is 5.82 Å². The van der Waals surface area contributed by atoms with Gasteiger partial charge in [-0.2, -0.15) is 9.97 Å². The molecule has 6 nitrogen and oxygen atoms in total. The third-order valence-electron chi connectivity index (χ3n) is 5.28. The van der Waals surface area contributed by atoms with Crippen molar-refractivity contribution in [2.75, 3.05) is 45.2 Å². The van der Waals surface area contributed by atoms with Gasteiger partial charge in [-0.25, -0.2) is 4.39 Å². The van der Waals surface area contributed by atoms with Crippen molar-refractivity contribution in [1.29, 1.82) is 0 Å². The molecule has 2 atom stereocenters. The molecule has 2 aliphatic rings. The smallest absolute Gasteiger partial charge is 0.319 e. The van der Waals surface area contributed by atoms with Gasteiger partial charge in [0, 0.05) is 37.1 Å². The number of halogens is 1. The molecule has 0 radical (unpaired) electrons. The molecular weight excluding hydrogens is 345 g/mol. The van der Waals surface area contributed by atoms with Crippen molar-refractivity contribution in [2.45, 2.75) is 38.3 Å². The van der Waals surface area contributed by atoms with Crippen LogP contribution in [-0.4, -0.2) is 67.3 Å². The highest BCUT2D eigenvalue weighted by molar-refractivity contribution is 5.91. The first kappa shape index (κ1) is 17.1.